The zero-order valence-electron chi connectivity index (χ0n) is 15.9. The molecular formula is C19H23BrN4OS. The zero-order valence-corrected chi connectivity index (χ0v) is 18.3. The Hall–Kier alpha value is -1.91. The molecule has 0 fully saturated rings. The zero-order chi connectivity index (χ0) is 19.5. The van der Waals surface area contributed by atoms with E-state index in [-0.39, 0.29) is 5.41 Å². The lowest BCUT2D eigenvalue weighted by Gasteiger charge is -2.15. The van der Waals surface area contributed by atoms with Crippen molar-refractivity contribution < 1.29 is 4.74 Å². The first kappa shape index (κ1) is 20.4. The molecule has 1 aromatic carbocycles. The van der Waals surface area contributed by atoms with E-state index in [9.17, 15) is 5.26 Å². The first-order valence-corrected chi connectivity index (χ1v) is 9.86. The minimum atomic E-state index is -0.208. The summed E-state index contributed by atoms with van der Waals surface area (Å²) in [6, 6.07) is 6.07. The van der Waals surface area contributed by atoms with E-state index >= 15 is 0 Å². The molecule has 0 unspecified atom stereocenters. The van der Waals surface area contributed by atoms with Gasteiger partial charge in [0.25, 0.3) is 0 Å². The van der Waals surface area contributed by atoms with Crippen molar-refractivity contribution in [3.8, 4) is 16.9 Å². The summed E-state index contributed by atoms with van der Waals surface area (Å²) < 4.78 is 11.2. The molecule has 0 aliphatic carbocycles. The highest BCUT2D eigenvalue weighted by Crippen LogP contribution is 2.40. The monoisotopic (exact) mass is 434 g/mol. The second-order valence-electron chi connectivity index (χ2n) is 7.04. The summed E-state index contributed by atoms with van der Waals surface area (Å²) in [7, 11) is 1.98. The molecule has 0 aliphatic heterocycles. The number of hydrogen-bond donors (Lipinski definition) is 0. The Kier molecular flexibility index (Phi) is 6.43. The van der Waals surface area contributed by atoms with Gasteiger partial charge in [0.2, 0.25) is 5.06 Å². The molecule has 5 nitrogen and oxygen atoms in total. The molecule has 0 atom stereocenters. The second kappa shape index (κ2) is 8.19. The van der Waals surface area contributed by atoms with Gasteiger partial charge in [-0.15, -0.1) is 0 Å². The number of rotatable bonds is 5. The molecule has 0 bridgehead atoms. The van der Waals surface area contributed by atoms with E-state index in [1.54, 1.807) is 0 Å². The van der Waals surface area contributed by atoms with Gasteiger partial charge in [0.1, 0.15) is 17.4 Å². The number of halogens is 1. The normalized spacial score (nSPS) is 11.6. The molecule has 0 N–H and O–H groups in total. The Bertz CT molecular complexity index is 862. The highest BCUT2D eigenvalue weighted by Gasteiger charge is 2.26. The van der Waals surface area contributed by atoms with Crippen molar-refractivity contribution >= 4 is 39.5 Å². The van der Waals surface area contributed by atoms with Gasteiger partial charge in [0.15, 0.2) is 0 Å². The standard InChI is InChI=1S/C19H23BrN4OS/c1-7-24(6)11-22-15-9-14(20)16(8-12(15)2)25-18-13(10-21)17(23-26-18)19(3,4)5/h8-9,11H,7H2,1-6H3/b22-11-. The van der Waals surface area contributed by atoms with Crippen LogP contribution >= 0.6 is 27.5 Å². The van der Waals surface area contributed by atoms with Crippen LogP contribution in [0.5, 0.6) is 10.8 Å². The van der Waals surface area contributed by atoms with Crippen molar-refractivity contribution in [2.45, 2.75) is 40.0 Å². The maximum Gasteiger partial charge on any atom is 0.218 e. The third-order valence-electron chi connectivity index (χ3n) is 3.83. The van der Waals surface area contributed by atoms with Crippen LogP contribution in [0.2, 0.25) is 0 Å². The number of hydrogen-bond acceptors (Lipinski definition) is 5. The van der Waals surface area contributed by atoms with Crippen LogP contribution in [0.25, 0.3) is 0 Å². The van der Waals surface area contributed by atoms with Crippen LogP contribution in [0.4, 0.5) is 5.69 Å². The van der Waals surface area contributed by atoms with Gasteiger partial charge >= 0.3 is 0 Å². The van der Waals surface area contributed by atoms with Gasteiger partial charge in [-0.3, -0.25) is 0 Å². The maximum atomic E-state index is 9.54. The molecule has 7 heteroatoms. The number of benzene rings is 1. The molecule has 0 spiro atoms. The van der Waals surface area contributed by atoms with E-state index in [0.29, 0.717) is 16.4 Å². The van der Waals surface area contributed by atoms with Crippen LogP contribution in [0.1, 0.15) is 44.5 Å². The van der Waals surface area contributed by atoms with Crippen LogP contribution in [-0.2, 0) is 5.41 Å². The average molecular weight is 435 g/mol. The van der Waals surface area contributed by atoms with Crippen LogP contribution in [-0.4, -0.2) is 29.2 Å². The number of nitriles is 1. The maximum absolute atomic E-state index is 9.54. The first-order chi connectivity index (χ1) is 12.2. The Morgan fingerprint density at radius 1 is 1.42 bits per heavy atom. The molecule has 0 aliphatic rings. The minimum Gasteiger partial charge on any atom is -0.443 e. The van der Waals surface area contributed by atoms with Gasteiger partial charge in [0.05, 0.1) is 22.2 Å². The Morgan fingerprint density at radius 3 is 2.69 bits per heavy atom. The largest absolute Gasteiger partial charge is 0.443 e. The highest BCUT2D eigenvalue weighted by molar-refractivity contribution is 9.10. The fourth-order valence-electron chi connectivity index (χ4n) is 2.16. The number of aromatic nitrogens is 1. The number of nitrogens with zero attached hydrogens (tertiary/aromatic N) is 4. The lowest BCUT2D eigenvalue weighted by atomic mass is 9.90. The Morgan fingerprint density at radius 2 is 2.12 bits per heavy atom. The Labute approximate surface area is 167 Å². The minimum absolute atomic E-state index is 0.208. The number of aliphatic imine (C=N–C) groups is 1. The quantitative estimate of drug-likeness (QED) is 0.441. The fraction of sp³-hybridized carbons (Fsp3) is 0.421. The molecule has 1 aromatic heterocycles. The van der Waals surface area contributed by atoms with E-state index in [0.717, 1.165) is 28.0 Å². The molecule has 0 radical (unpaired) electrons. The first-order valence-electron chi connectivity index (χ1n) is 8.30. The topological polar surface area (TPSA) is 61.5 Å². The molecule has 0 saturated carbocycles. The molecule has 1 heterocycles. The third-order valence-corrected chi connectivity index (χ3v) is 5.18. The summed E-state index contributed by atoms with van der Waals surface area (Å²) in [5, 5.41) is 10.1. The molecule has 138 valence electrons. The molecular weight excluding hydrogens is 412 g/mol. The smallest absolute Gasteiger partial charge is 0.218 e. The van der Waals surface area contributed by atoms with Gasteiger partial charge < -0.3 is 9.64 Å². The number of ether oxygens (including phenoxy) is 1. The molecule has 2 rings (SSSR count). The summed E-state index contributed by atoms with van der Waals surface area (Å²) in [4.78, 5) is 6.51. The summed E-state index contributed by atoms with van der Waals surface area (Å²) in [5.41, 5.74) is 2.91. The Balaban J connectivity index is 2.35. The van der Waals surface area contributed by atoms with E-state index in [2.05, 4.69) is 38.3 Å². The molecule has 0 saturated heterocycles. The van der Waals surface area contributed by atoms with Crippen LogP contribution in [0.15, 0.2) is 21.6 Å². The molecule has 2 aromatic rings. The van der Waals surface area contributed by atoms with Gasteiger partial charge in [-0.05, 0) is 47.5 Å². The third kappa shape index (κ3) is 4.63. The van der Waals surface area contributed by atoms with Crippen molar-refractivity contribution in [2.24, 2.45) is 4.99 Å². The van der Waals surface area contributed by atoms with E-state index in [1.165, 1.54) is 11.5 Å². The van der Waals surface area contributed by atoms with Crippen LogP contribution in [0, 0.1) is 18.3 Å². The lowest BCUT2D eigenvalue weighted by molar-refractivity contribution is 0.488. The summed E-state index contributed by atoms with van der Waals surface area (Å²) in [5.74, 6) is 0.644. The van der Waals surface area contributed by atoms with Gasteiger partial charge in [0, 0.05) is 30.5 Å². The molecule has 0 amide bonds. The van der Waals surface area contributed by atoms with Crippen LogP contribution < -0.4 is 4.74 Å². The van der Waals surface area contributed by atoms with E-state index < -0.39 is 0 Å². The number of aryl methyl sites for hydroxylation is 1. The molecule has 26 heavy (non-hydrogen) atoms. The fourth-order valence-corrected chi connectivity index (χ4v) is 3.47. The van der Waals surface area contributed by atoms with E-state index in [4.69, 9.17) is 4.74 Å². The van der Waals surface area contributed by atoms with E-state index in [1.807, 2.05) is 58.1 Å². The second-order valence-corrected chi connectivity index (χ2v) is 8.63. The average Bonchev–Trinajstić information content (AvgIpc) is 2.99. The van der Waals surface area contributed by atoms with Gasteiger partial charge in [-0.1, -0.05) is 20.8 Å². The van der Waals surface area contributed by atoms with Crippen molar-refractivity contribution in [2.75, 3.05) is 13.6 Å². The van der Waals surface area contributed by atoms with Crippen LogP contribution in [0.3, 0.4) is 0 Å². The van der Waals surface area contributed by atoms with Gasteiger partial charge in [-0.2, -0.15) is 9.64 Å². The predicted octanol–water partition coefficient (Wildman–Crippen LogP) is 5.79. The summed E-state index contributed by atoms with van der Waals surface area (Å²) >= 11 is 4.75. The SMILES string of the molecule is CCN(C)/C=N\c1cc(Br)c(Oc2snc(C(C)(C)C)c2C#N)cc1C. The van der Waals surface area contributed by atoms with Crippen molar-refractivity contribution in [1.82, 2.24) is 9.27 Å². The lowest BCUT2D eigenvalue weighted by Crippen LogP contribution is -2.14. The van der Waals surface area contributed by atoms with Crippen molar-refractivity contribution in [3.05, 3.63) is 33.4 Å². The summed E-state index contributed by atoms with van der Waals surface area (Å²) in [6.07, 6.45) is 1.81. The highest BCUT2D eigenvalue weighted by atomic mass is 79.9. The van der Waals surface area contributed by atoms with Gasteiger partial charge in [-0.25, -0.2) is 4.99 Å². The summed E-state index contributed by atoms with van der Waals surface area (Å²) in [6.45, 7) is 11.0. The van der Waals surface area contributed by atoms with Crippen molar-refractivity contribution in [1.29, 1.82) is 5.26 Å². The predicted molar refractivity (Wildman–Crippen MR) is 111 cm³/mol. The van der Waals surface area contributed by atoms with Crippen molar-refractivity contribution in [3.63, 3.8) is 0 Å².